The van der Waals surface area contributed by atoms with Crippen molar-refractivity contribution in [3.05, 3.63) is 87.8 Å². The van der Waals surface area contributed by atoms with Crippen LogP contribution in [0.25, 0.3) is 0 Å². The summed E-state index contributed by atoms with van der Waals surface area (Å²) < 4.78 is 5.85. The van der Waals surface area contributed by atoms with Crippen LogP contribution in [0.1, 0.15) is 50.6 Å². The van der Waals surface area contributed by atoms with E-state index in [0.717, 1.165) is 23.4 Å². The summed E-state index contributed by atoms with van der Waals surface area (Å²) in [6.45, 7) is 1.79. The smallest absolute Gasteiger partial charge is 0.305 e. The Hall–Kier alpha value is -3.69. The molecule has 0 fully saturated rings. The number of benzene rings is 2. The van der Waals surface area contributed by atoms with Crippen molar-refractivity contribution in [3.63, 3.8) is 0 Å². The number of fused-ring (bicyclic) bond motifs is 1. The molecule has 1 aliphatic carbocycles. The number of hydrogen-bond donors (Lipinski definition) is 4. The number of amides is 2. The van der Waals surface area contributed by atoms with Crippen LogP contribution in [0.4, 0.5) is 5.69 Å². The van der Waals surface area contributed by atoms with Gasteiger partial charge < -0.3 is 9.73 Å². The van der Waals surface area contributed by atoms with Gasteiger partial charge in [0.25, 0.3) is 5.91 Å². The van der Waals surface area contributed by atoms with Crippen molar-refractivity contribution < 1.29 is 14.0 Å². The number of carbonyl (C=O) groups is 2. The summed E-state index contributed by atoms with van der Waals surface area (Å²) in [5.74, 6) is -0.250. The second kappa shape index (κ2) is 10.5. The third-order valence-corrected chi connectivity index (χ3v) is 5.66. The first-order valence-electron chi connectivity index (χ1n) is 10.6. The average Bonchev–Trinajstić information content (AvgIpc) is 3.18. The number of furan rings is 1. The summed E-state index contributed by atoms with van der Waals surface area (Å²) in [5.41, 5.74) is 11.0. The van der Waals surface area contributed by atoms with Crippen molar-refractivity contribution >= 4 is 52.1 Å². The van der Waals surface area contributed by atoms with Gasteiger partial charge in [0.15, 0.2) is 10.9 Å². The zero-order valence-electron chi connectivity index (χ0n) is 18.3. The quantitative estimate of drug-likeness (QED) is 0.317. The van der Waals surface area contributed by atoms with Gasteiger partial charge in [-0.25, -0.2) is 0 Å². The number of hydrogen-bond acceptors (Lipinski definition) is 5. The molecule has 0 unspecified atom stereocenters. The number of rotatable bonds is 4. The van der Waals surface area contributed by atoms with Crippen LogP contribution < -0.4 is 21.6 Å². The van der Waals surface area contributed by atoms with Crippen molar-refractivity contribution in [2.45, 2.75) is 26.2 Å². The Bertz CT molecular complexity index is 1270. The fourth-order valence-corrected chi connectivity index (χ4v) is 4.02. The average molecular weight is 496 g/mol. The van der Waals surface area contributed by atoms with Crippen LogP contribution >= 0.6 is 23.8 Å². The predicted octanol–water partition coefficient (Wildman–Crippen LogP) is 4.34. The summed E-state index contributed by atoms with van der Waals surface area (Å²) in [6.07, 6.45) is 2.22. The highest BCUT2D eigenvalue weighted by atomic mass is 35.5. The third-order valence-electron chi connectivity index (χ3n) is 5.23. The van der Waals surface area contributed by atoms with Crippen LogP contribution in [-0.4, -0.2) is 22.6 Å². The van der Waals surface area contributed by atoms with Crippen LogP contribution in [0, 0.1) is 6.92 Å². The summed E-state index contributed by atoms with van der Waals surface area (Å²) in [4.78, 5) is 25.0. The number of thiocarbonyl (C=S) groups is 1. The number of anilines is 1. The summed E-state index contributed by atoms with van der Waals surface area (Å²) in [7, 11) is 0. The molecule has 0 radical (unpaired) electrons. The number of carbonyl (C=O) groups excluding carboxylic acids is 2. The van der Waals surface area contributed by atoms with E-state index in [2.05, 4.69) is 26.7 Å². The lowest BCUT2D eigenvalue weighted by molar-refractivity contribution is 0.0829. The maximum Gasteiger partial charge on any atom is 0.305 e. The molecule has 10 heteroatoms. The fraction of sp³-hybridized carbons (Fsp3) is 0.167. The van der Waals surface area contributed by atoms with Crippen molar-refractivity contribution in [2.75, 3.05) is 5.32 Å². The van der Waals surface area contributed by atoms with Crippen LogP contribution in [-0.2, 0) is 6.42 Å². The molecule has 0 spiro atoms. The van der Waals surface area contributed by atoms with Gasteiger partial charge in [0.2, 0.25) is 0 Å². The Kier molecular flexibility index (Phi) is 7.24. The molecule has 2 aromatic carbocycles. The SMILES string of the molecule is Cc1c(C(=O)NNC(=O)c2cccc(Cl)c2)oc2c1/C(=N/NC(=S)Nc1ccccc1)CCC2. The molecule has 0 atom stereocenters. The topological polar surface area (TPSA) is 108 Å². The molecule has 3 aromatic rings. The molecule has 1 aliphatic rings. The van der Waals surface area contributed by atoms with Gasteiger partial charge >= 0.3 is 5.91 Å². The lowest BCUT2D eigenvalue weighted by Gasteiger charge is -2.14. The number of para-hydroxylation sites is 1. The standard InChI is InChI=1S/C24H22ClN5O3S/c1-14-20-18(27-30-24(34)26-17-9-3-2-4-10-17)11-6-12-19(20)33-21(14)23(32)29-28-22(31)15-7-5-8-16(25)13-15/h2-5,7-10,13H,6,11-12H2,1H3,(H,28,31)(H,29,32)(H2,26,30,34)/b27-18+. The number of nitrogens with one attached hydrogen (secondary N) is 4. The maximum atomic E-state index is 12.7. The minimum atomic E-state index is -0.559. The number of nitrogens with zero attached hydrogens (tertiary/aromatic N) is 1. The molecule has 0 bridgehead atoms. The molecular formula is C24H22ClN5O3S. The Morgan fingerprint density at radius 3 is 2.56 bits per heavy atom. The Morgan fingerprint density at radius 2 is 1.79 bits per heavy atom. The first-order chi connectivity index (χ1) is 16.4. The van der Waals surface area contributed by atoms with Crippen LogP contribution in [0.15, 0.2) is 64.1 Å². The Morgan fingerprint density at radius 1 is 1.03 bits per heavy atom. The minimum absolute atomic E-state index is 0.121. The third kappa shape index (κ3) is 5.44. The van der Waals surface area contributed by atoms with Crippen molar-refractivity contribution in [3.8, 4) is 0 Å². The van der Waals surface area contributed by atoms with Crippen molar-refractivity contribution in [1.82, 2.24) is 16.3 Å². The molecule has 8 nitrogen and oxygen atoms in total. The summed E-state index contributed by atoms with van der Waals surface area (Å²) in [6, 6.07) is 15.9. The monoisotopic (exact) mass is 495 g/mol. The molecule has 2 amide bonds. The molecule has 34 heavy (non-hydrogen) atoms. The van der Waals surface area contributed by atoms with E-state index in [1.54, 1.807) is 25.1 Å². The minimum Gasteiger partial charge on any atom is -0.455 e. The van der Waals surface area contributed by atoms with E-state index >= 15 is 0 Å². The number of halogens is 1. The predicted molar refractivity (Wildman–Crippen MR) is 135 cm³/mol. The summed E-state index contributed by atoms with van der Waals surface area (Å²) >= 11 is 11.2. The van der Waals surface area contributed by atoms with Gasteiger partial charge in [-0.2, -0.15) is 5.10 Å². The molecule has 4 rings (SSSR count). The second-order valence-electron chi connectivity index (χ2n) is 7.62. The molecule has 4 N–H and O–H groups in total. The molecule has 0 saturated heterocycles. The van der Waals surface area contributed by atoms with E-state index in [1.807, 2.05) is 30.3 Å². The van der Waals surface area contributed by atoms with Gasteiger partial charge in [-0.1, -0.05) is 35.9 Å². The highest BCUT2D eigenvalue weighted by Gasteiger charge is 2.28. The molecule has 1 aromatic heterocycles. The fourth-order valence-electron chi connectivity index (χ4n) is 3.67. The highest BCUT2D eigenvalue weighted by Crippen LogP contribution is 2.29. The Balaban J connectivity index is 1.44. The van der Waals surface area contributed by atoms with E-state index in [0.29, 0.717) is 39.9 Å². The number of hydrazine groups is 1. The lowest BCUT2D eigenvalue weighted by Crippen LogP contribution is -2.41. The Labute approximate surface area is 206 Å². The van der Waals surface area contributed by atoms with Crippen LogP contribution in [0.3, 0.4) is 0 Å². The molecule has 1 heterocycles. The van der Waals surface area contributed by atoms with Crippen LogP contribution in [0.2, 0.25) is 5.02 Å². The number of aryl methyl sites for hydroxylation is 1. The highest BCUT2D eigenvalue weighted by molar-refractivity contribution is 7.80. The van der Waals surface area contributed by atoms with Crippen LogP contribution in [0.5, 0.6) is 0 Å². The largest absolute Gasteiger partial charge is 0.455 e. The van der Waals surface area contributed by atoms with E-state index in [4.69, 9.17) is 28.2 Å². The number of hydrazone groups is 1. The molecular weight excluding hydrogens is 474 g/mol. The van der Waals surface area contributed by atoms with Gasteiger partial charge in [-0.3, -0.25) is 25.9 Å². The molecule has 0 aliphatic heterocycles. The van der Waals surface area contributed by atoms with Gasteiger partial charge in [-0.05, 0) is 62.3 Å². The van der Waals surface area contributed by atoms with E-state index in [1.165, 1.54) is 6.07 Å². The van der Waals surface area contributed by atoms with E-state index in [-0.39, 0.29) is 5.76 Å². The first kappa shape index (κ1) is 23.5. The van der Waals surface area contributed by atoms with E-state index < -0.39 is 11.8 Å². The molecule has 0 saturated carbocycles. The summed E-state index contributed by atoms with van der Waals surface area (Å²) in [5, 5.41) is 8.31. The van der Waals surface area contributed by atoms with Gasteiger partial charge in [0, 0.05) is 33.8 Å². The van der Waals surface area contributed by atoms with Crippen molar-refractivity contribution in [1.29, 1.82) is 0 Å². The normalized spacial score (nSPS) is 13.6. The lowest BCUT2D eigenvalue weighted by atomic mass is 9.93. The van der Waals surface area contributed by atoms with Gasteiger partial charge in [-0.15, -0.1) is 0 Å². The van der Waals surface area contributed by atoms with Gasteiger partial charge in [0.05, 0.1) is 5.71 Å². The first-order valence-corrected chi connectivity index (χ1v) is 11.4. The van der Waals surface area contributed by atoms with Gasteiger partial charge in [0.1, 0.15) is 5.76 Å². The van der Waals surface area contributed by atoms with Crippen molar-refractivity contribution in [2.24, 2.45) is 5.10 Å². The zero-order valence-corrected chi connectivity index (χ0v) is 19.8. The maximum absolute atomic E-state index is 12.7. The molecule has 174 valence electrons. The second-order valence-corrected chi connectivity index (χ2v) is 8.46. The van der Waals surface area contributed by atoms with E-state index in [9.17, 15) is 9.59 Å². The zero-order chi connectivity index (χ0) is 24.1.